The molecule has 7 heteroatoms. The number of hydrogen-bond acceptors (Lipinski definition) is 7. The van der Waals surface area contributed by atoms with Crippen molar-refractivity contribution in [1.82, 2.24) is 20.4 Å². The Morgan fingerprint density at radius 1 is 1.36 bits per heavy atom. The third-order valence-electron chi connectivity index (χ3n) is 3.64. The number of nitrogens with zero attached hydrogens (tertiary/aromatic N) is 3. The van der Waals surface area contributed by atoms with Crippen LogP contribution in [0.5, 0.6) is 0 Å². The molecule has 3 aromatic heterocycles. The fourth-order valence-corrected chi connectivity index (χ4v) is 3.07. The molecule has 3 heterocycles. The van der Waals surface area contributed by atoms with Gasteiger partial charge in [-0.05, 0) is 32.4 Å². The lowest BCUT2D eigenvalue weighted by Gasteiger charge is -2.26. The molecule has 1 unspecified atom stereocenters. The molecule has 3 rings (SSSR count). The highest BCUT2D eigenvalue weighted by atomic mass is 32.1. The van der Waals surface area contributed by atoms with Crippen LogP contribution in [0.4, 0.5) is 0 Å². The highest BCUT2D eigenvalue weighted by Crippen LogP contribution is 2.28. The Hall–Kier alpha value is -1.99. The third kappa shape index (κ3) is 2.95. The van der Waals surface area contributed by atoms with Crippen molar-refractivity contribution in [1.29, 1.82) is 0 Å². The molecule has 0 aliphatic rings. The average molecular weight is 318 g/mol. The maximum Gasteiger partial charge on any atom is 0.241 e. The van der Waals surface area contributed by atoms with Gasteiger partial charge in [0.2, 0.25) is 11.7 Å². The number of aromatic nitrogens is 3. The van der Waals surface area contributed by atoms with Gasteiger partial charge in [-0.2, -0.15) is 4.98 Å². The lowest BCUT2D eigenvalue weighted by Crippen LogP contribution is -2.38. The van der Waals surface area contributed by atoms with E-state index in [2.05, 4.69) is 39.7 Å². The van der Waals surface area contributed by atoms with E-state index in [1.165, 1.54) is 0 Å². The minimum atomic E-state index is -0.210. The molecule has 6 nitrogen and oxygen atoms in total. The van der Waals surface area contributed by atoms with Gasteiger partial charge in [0.1, 0.15) is 5.01 Å². The zero-order valence-corrected chi connectivity index (χ0v) is 13.6. The van der Waals surface area contributed by atoms with Crippen LogP contribution in [-0.2, 0) is 12.1 Å². The van der Waals surface area contributed by atoms with Crippen LogP contribution in [0.15, 0.2) is 32.7 Å². The minimum Gasteiger partial charge on any atom is -0.461 e. The maximum atomic E-state index is 5.27. The third-order valence-corrected chi connectivity index (χ3v) is 4.86. The zero-order chi connectivity index (χ0) is 15.6. The summed E-state index contributed by atoms with van der Waals surface area (Å²) in [6.45, 7) is 6.75. The zero-order valence-electron chi connectivity index (χ0n) is 12.8. The second-order valence-electron chi connectivity index (χ2n) is 5.32. The molecule has 0 aliphatic carbocycles. The van der Waals surface area contributed by atoms with Crippen molar-refractivity contribution in [3.8, 4) is 11.6 Å². The summed E-state index contributed by atoms with van der Waals surface area (Å²) in [7, 11) is 0. The van der Waals surface area contributed by atoms with Gasteiger partial charge in [0.25, 0.3) is 0 Å². The summed E-state index contributed by atoms with van der Waals surface area (Å²) in [5, 5.41) is 10.5. The van der Waals surface area contributed by atoms with E-state index in [1.807, 2.05) is 6.92 Å². The Morgan fingerprint density at radius 3 is 2.86 bits per heavy atom. The quantitative estimate of drug-likeness (QED) is 0.749. The molecule has 0 fully saturated rings. The van der Waals surface area contributed by atoms with Gasteiger partial charge in [0.05, 0.1) is 18.3 Å². The van der Waals surface area contributed by atoms with Crippen molar-refractivity contribution in [3.05, 3.63) is 40.4 Å². The predicted molar refractivity (Wildman–Crippen MR) is 83.3 cm³/mol. The lowest BCUT2D eigenvalue weighted by atomic mass is 10.00. The molecule has 22 heavy (non-hydrogen) atoms. The number of nitrogens with one attached hydrogen (secondary N) is 1. The van der Waals surface area contributed by atoms with Crippen LogP contribution in [-0.4, -0.2) is 15.1 Å². The Kier molecular flexibility index (Phi) is 4.08. The molecular weight excluding hydrogens is 300 g/mol. The van der Waals surface area contributed by atoms with Crippen LogP contribution in [0.3, 0.4) is 0 Å². The number of thiazole rings is 1. The average Bonchev–Trinajstić information content (AvgIpc) is 3.25. The summed E-state index contributed by atoms with van der Waals surface area (Å²) in [5.41, 5.74) is 0.831. The summed E-state index contributed by atoms with van der Waals surface area (Å²) in [6, 6.07) is 3.60. The first-order chi connectivity index (χ1) is 10.6. The van der Waals surface area contributed by atoms with E-state index in [-0.39, 0.29) is 5.54 Å². The molecular formula is C15H18N4O2S. The minimum absolute atomic E-state index is 0.210. The van der Waals surface area contributed by atoms with Gasteiger partial charge < -0.3 is 8.94 Å². The molecule has 116 valence electrons. The molecule has 0 spiro atoms. The van der Waals surface area contributed by atoms with Gasteiger partial charge in [-0.1, -0.05) is 12.1 Å². The van der Waals surface area contributed by atoms with Gasteiger partial charge in [-0.15, -0.1) is 11.3 Å². The molecule has 1 N–H and O–H groups in total. The molecule has 0 amide bonds. The number of rotatable bonds is 6. The summed E-state index contributed by atoms with van der Waals surface area (Å²) in [4.78, 5) is 8.92. The van der Waals surface area contributed by atoms with Crippen LogP contribution in [0.25, 0.3) is 11.6 Å². The number of hydrogen-bond donors (Lipinski definition) is 1. The molecule has 0 aromatic carbocycles. The summed E-state index contributed by atoms with van der Waals surface area (Å²) >= 11 is 1.66. The van der Waals surface area contributed by atoms with Gasteiger partial charge >= 0.3 is 0 Å². The van der Waals surface area contributed by atoms with E-state index in [4.69, 9.17) is 8.94 Å². The van der Waals surface area contributed by atoms with E-state index in [9.17, 15) is 0 Å². The van der Waals surface area contributed by atoms with E-state index >= 15 is 0 Å². The molecule has 3 aromatic rings. The largest absolute Gasteiger partial charge is 0.461 e. The van der Waals surface area contributed by atoms with E-state index in [0.29, 0.717) is 24.0 Å². The Morgan fingerprint density at radius 2 is 2.23 bits per heavy atom. The smallest absolute Gasteiger partial charge is 0.241 e. The van der Waals surface area contributed by atoms with Crippen molar-refractivity contribution in [3.63, 3.8) is 0 Å². The van der Waals surface area contributed by atoms with Crippen molar-refractivity contribution in [2.24, 2.45) is 0 Å². The topological polar surface area (TPSA) is 77.0 Å². The van der Waals surface area contributed by atoms with E-state index in [0.717, 1.165) is 17.1 Å². The first-order valence-electron chi connectivity index (χ1n) is 7.15. The number of furan rings is 1. The Bertz CT molecular complexity index is 734. The summed E-state index contributed by atoms with van der Waals surface area (Å²) in [5.74, 6) is 1.59. The first-order valence-corrected chi connectivity index (χ1v) is 8.03. The van der Waals surface area contributed by atoms with Crippen molar-refractivity contribution >= 4 is 11.3 Å². The second kappa shape index (κ2) is 6.02. The van der Waals surface area contributed by atoms with Crippen LogP contribution >= 0.6 is 11.3 Å². The Balaban J connectivity index is 1.71. The standard InChI is InChI=1S/C15H18N4O2S/c1-4-15(3,14-17-10(2)9-22-14)16-8-12-18-13(19-21-12)11-6-5-7-20-11/h5-7,9,16H,4,8H2,1-3H3. The first kappa shape index (κ1) is 14.9. The SMILES string of the molecule is CCC(C)(NCc1nc(-c2ccco2)no1)c1nc(C)cs1. The summed E-state index contributed by atoms with van der Waals surface area (Å²) < 4.78 is 10.5. The molecule has 1 atom stereocenters. The van der Waals surface area contributed by atoms with Gasteiger partial charge in [-0.25, -0.2) is 4.98 Å². The van der Waals surface area contributed by atoms with Crippen LogP contribution < -0.4 is 5.32 Å². The lowest BCUT2D eigenvalue weighted by molar-refractivity contribution is 0.304. The molecule has 0 bridgehead atoms. The second-order valence-corrected chi connectivity index (χ2v) is 6.18. The van der Waals surface area contributed by atoms with Crippen molar-refractivity contribution in [2.45, 2.75) is 39.3 Å². The maximum absolute atomic E-state index is 5.27. The number of aryl methyl sites for hydroxylation is 1. The monoisotopic (exact) mass is 318 g/mol. The van der Waals surface area contributed by atoms with Crippen molar-refractivity contribution in [2.75, 3.05) is 0 Å². The van der Waals surface area contributed by atoms with Gasteiger partial charge in [-0.3, -0.25) is 5.32 Å². The van der Waals surface area contributed by atoms with Crippen LogP contribution in [0, 0.1) is 6.92 Å². The summed E-state index contributed by atoms with van der Waals surface area (Å²) in [6.07, 6.45) is 2.50. The molecule has 0 saturated heterocycles. The fraction of sp³-hybridized carbons (Fsp3) is 0.400. The van der Waals surface area contributed by atoms with Crippen LogP contribution in [0.2, 0.25) is 0 Å². The normalized spacial score (nSPS) is 14.1. The van der Waals surface area contributed by atoms with E-state index in [1.54, 1.807) is 29.7 Å². The molecule has 0 aliphatic heterocycles. The molecule has 0 saturated carbocycles. The predicted octanol–water partition coefficient (Wildman–Crippen LogP) is 3.51. The van der Waals surface area contributed by atoms with Crippen LogP contribution in [0.1, 0.15) is 36.9 Å². The fourth-order valence-electron chi connectivity index (χ4n) is 2.06. The Labute approximate surface area is 132 Å². The highest BCUT2D eigenvalue weighted by Gasteiger charge is 2.28. The van der Waals surface area contributed by atoms with Gasteiger partial charge in [0, 0.05) is 11.1 Å². The highest BCUT2D eigenvalue weighted by molar-refractivity contribution is 7.09. The van der Waals surface area contributed by atoms with Gasteiger partial charge in [0.15, 0.2) is 5.76 Å². The van der Waals surface area contributed by atoms with Crippen molar-refractivity contribution < 1.29 is 8.94 Å². The van der Waals surface area contributed by atoms with E-state index < -0.39 is 0 Å². The molecule has 0 radical (unpaired) electrons.